The Bertz CT molecular complexity index is 217. The average molecular weight is 210 g/mol. The number of likely N-dealkylation sites (tertiary alicyclic amines) is 1. The number of nitrogens with zero attached hydrogens (tertiary/aromatic N) is 1. The molecule has 2 N–H and O–H groups in total. The molecular weight excluding hydrogens is 184 g/mol. The average Bonchev–Trinajstić information content (AvgIpc) is 2.97. The van der Waals surface area contributed by atoms with Crippen molar-refractivity contribution in [2.24, 2.45) is 17.1 Å². The van der Waals surface area contributed by atoms with Gasteiger partial charge in [0.15, 0.2) is 0 Å². The van der Waals surface area contributed by atoms with Gasteiger partial charge < -0.3 is 5.73 Å². The molecule has 0 aromatic heterocycles. The van der Waals surface area contributed by atoms with E-state index in [9.17, 15) is 0 Å². The first kappa shape index (κ1) is 11.4. The van der Waals surface area contributed by atoms with Crippen molar-refractivity contribution in [3.63, 3.8) is 0 Å². The monoisotopic (exact) mass is 210 g/mol. The lowest BCUT2D eigenvalue weighted by molar-refractivity contribution is 0.0756. The highest BCUT2D eigenvalue weighted by molar-refractivity contribution is 5.05. The Labute approximate surface area is 94.2 Å². The zero-order valence-corrected chi connectivity index (χ0v) is 10.6. The van der Waals surface area contributed by atoms with Crippen molar-refractivity contribution < 1.29 is 0 Å². The molecule has 0 bridgehead atoms. The molecule has 2 aliphatic rings. The number of hydrogen-bond donors (Lipinski definition) is 1. The minimum absolute atomic E-state index is 0.433. The second kappa shape index (κ2) is 3.74. The third kappa shape index (κ3) is 2.21. The highest BCUT2D eigenvalue weighted by atomic mass is 15.2. The van der Waals surface area contributed by atoms with Crippen LogP contribution in [0.2, 0.25) is 0 Å². The van der Waals surface area contributed by atoms with Gasteiger partial charge in [-0.1, -0.05) is 20.8 Å². The first-order valence-electron chi connectivity index (χ1n) is 6.43. The van der Waals surface area contributed by atoms with Gasteiger partial charge in [0.1, 0.15) is 0 Å². The van der Waals surface area contributed by atoms with Crippen molar-refractivity contribution in [1.29, 1.82) is 0 Å². The van der Waals surface area contributed by atoms with E-state index in [0.29, 0.717) is 11.0 Å². The predicted molar refractivity (Wildman–Crippen MR) is 64.8 cm³/mol. The number of rotatable bonds is 2. The molecule has 1 aliphatic heterocycles. The fourth-order valence-electron chi connectivity index (χ4n) is 3.01. The molecule has 2 nitrogen and oxygen atoms in total. The summed E-state index contributed by atoms with van der Waals surface area (Å²) >= 11 is 0. The Kier molecular flexibility index (Phi) is 2.85. The molecule has 1 saturated heterocycles. The topological polar surface area (TPSA) is 29.3 Å². The van der Waals surface area contributed by atoms with Crippen molar-refractivity contribution in [3.8, 4) is 0 Å². The van der Waals surface area contributed by atoms with Crippen molar-refractivity contribution in [2.45, 2.75) is 52.0 Å². The molecule has 15 heavy (non-hydrogen) atoms. The second-order valence-electron chi connectivity index (χ2n) is 6.56. The van der Waals surface area contributed by atoms with Crippen molar-refractivity contribution in [3.05, 3.63) is 0 Å². The summed E-state index contributed by atoms with van der Waals surface area (Å²) in [6.45, 7) is 10.6. The van der Waals surface area contributed by atoms with Gasteiger partial charge in [-0.25, -0.2) is 0 Å². The van der Waals surface area contributed by atoms with Gasteiger partial charge in [-0.05, 0) is 50.1 Å². The molecule has 88 valence electrons. The van der Waals surface area contributed by atoms with Crippen molar-refractivity contribution in [2.75, 3.05) is 19.6 Å². The molecule has 0 aromatic rings. The molecule has 0 radical (unpaired) electrons. The summed E-state index contributed by atoms with van der Waals surface area (Å²) < 4.78 is 0. The summed E-state index contributed by atoms with van der Waals surface area (Å²) in [5.74, 6) is 0.905. The lowest BCUT2D eigenvalue weighted by Crippen LogP contribution is -2.48. The van der Waals surface area contributed by atoms with E-state index in [-0.39, 0.29) is 0 Å². The molecular formula is C13H26N2. The third-order valence-electron chi connectivity index (χ3n) is 4.60. The van der Waals surface area contributed by atoms with Crippen LogP contribution in [0.5, 0.6) is 0 Å². The molecule has 0 amide bonds. The van der Waals surface area contributed by atoms with Gasteiger partial charge in [-0.15, -0.1) is 0 Å². The van der Waals surface area contributed by atoms with Crippen LogP contribution in [0.15, 0.2) is 0 Å². The van der Waals surface area contributed by atoms with Crippen LogP contribution < -0.4 is 5.73 Å². The summed E-state index contributed by atoms with van der Waals surface area (Å²) in [7, 11) is 0. The van der Waals surface area contributed by atoms with E-state index in [2.05, 4.69) is 25.7 Å². The van der Waals surface area contributed by atoms with Crippen LogP contribution in [-0.2, 0) is 0 Å². The molecule has 2 heteroatoms. The van der Waals surface area contributed by atoms with Crippen molar-refractivity contribution >= 4 is 0 Å². The maximum absolute atomic E-state index is 5.88. The lowest BCUT2D eigenvalue weighted by Gasteiger charge is -2.42. The zero-order chi connectivity index (χ0) is 11.1. The van der Waals surface area contributed by atoms with Crippen LogP contribution in [0.25, 0.3) is 0 Å². The van der Waals surface area contributed by atoms with E-state index in [1.165, 1.54) is 38.8 Å². The maximum atomic E-state index is 5.88. The molecule has 2 rings (SSSR count). The lowest BCUT2D eigenvalue weighted by atomic mass is 9.75. The van der Waals surface area contributed by atoms with Gasteiger partial charge in [-0.3, -0.25) is 4.90 Å². The summed E-state index contributed by atoms with van der Waals surface area (Å²) in [6, 6.07) is 0. The van der Waals surface area contributed by atoms with E-state index in [0.717, 1.165) is 12.5 Å². The van der Waals surface area contributed by atoms with E-state index in [1.807, 2.05) is 0 Å². The molecule has 0 aromatic carbocycles. The Balaban J connectivity index is 1.87. The van der Waals surface area contributed by atoms with Crippen LogP contribution in [0.4, 0.5) is 0 Å². The second-order valence-corrected chi connectivity index (χ2v) is 6.56. The number of nitrogens with two attached hydrogens (primary N) is 1. The number of hydrogen-bond acceptors (Lipinski definition) is 2. The Morgan fingerprint density at radius 2 is 1.73 bits per heavy atom. The SMILES string of the molecule is CC(C)(C)C1CCN(C2(CN)CC2)CC1. The molecule has 0 unspecified atom stereocenters. The summed E-state index contributed by atoms with van der Waals surface area (Å²) in [6.07, 6.45) is 5.41. The largest absolute Gasteiger partial charge is 0.329 e. The van der Waals surface area contributed by atoms with E-state index < -0.39 is 0 Å². The first-order valence-corrected chi connectivity index (χ1v) is 6.43. The summed E-state index contributed by atoms with van der Waals surface area (Å²) in [5.41, 5.74) is 6.80. The maximum Gasteiger partial charge on any atom is 0.0333 e. The molecule has 1 aliphatic carbocycles. The van der Waals surface area contributed by atoms with Gasteiger partial charge in [0, 0.05) is 12.1 Å². The smallest absolute Gasteiger partial charge is 0.0333 e. The van der Waals surface area contributed by atoms with E-state index >= 15 is 0 Å². The molecule has 2 fully saturated rings. The van der Waals surface area contributed by atoms with Gasteiger partial charge in [-0.2, -0.15) is 0 Å². The molecule has 0 spiro atoms. The van der Waals surface area contributed by atoms with Gasteiger partial charge in [0.05, 0.1) is 0 Å². The van der Waals surface area contributed by atoms with Crippen LogP contribution in [-0.4, -0.2) is 30.1 Å². The summed E-state index contributed by atoms with van der Waals surface area (Å²) in [4.78, 5) is 2.66. The highest BCUT2D eigenvalue weighted by Crippen LogP contribution is 2.44. The Morgan fingerprint density at radius 3 is 2.07 bits per heavy atom. The summed E-state index contributed by atoms with van der Waals surface area (Å²) in [5, 5.41) is 0. The standard InChI is InChI=1S/C13H26N2/c1-12(2,3)11-4-8-15(9-5-11)13(10-14)6-7-13/h11H,4-10,14H2,1-3H3. The van der Waals surface area contributed by atoms with Crippen LogP contribution in [0, 0.1) is 11.3 Å². The molecule has 0 atom stereocenters. The predicted octanol–water partition coefficient (Wildman–Crippen LogP) is 2.24. The van der Waals surface area contributed by atoms with Crippen LogP contribution in [0.1, 0.15) is 46.5 Å². The van der Waals surface area contributed by atoms with E-state index in [1.54, 1.807) is 0 Å². The van der Waals surface area contributed by atoms with Gasteiger partial charge >= 0.3 is 0 Å². The first-order chi connectivity index (χ1) is 6.98. The van der Waals surface area contributed by atoms with E-state index in [4.69, 9.17) is 5.73 Å². The fraction of sp³-hybridized carbons (Fsp3) is 1.00. The van der Waals surface area contributed by atoms with Gasteiger partial charge in [0.2, 0.25) is 0 Å². The minimum Gasteiger partial charge on any atom is -0.329 e. The Morgan fingerprint density at radius 1 is 1.20 bits per heavy atom. The highest BCUT2D eigenvalue weighted by Gasteiger charge is 2.47. The molecule has 1 heterocycles. The van der Waals surface area contributed by atoms with Crippen LogP contribution >= 0.6 is 0 Å². The number of piperidine rings is 1. The minimum atomic E-state index is 0.433. The van der Waals surface area contributed by atoms with Crippen molar-refractivity contribution in [1.82, 2.24) is 4.90 Å². The zero-order valence-electron chi connectivity index (χ0n) is 10.6. The quantitative estimate of drug-likeness (QED) is 0.757. The van der Waals surface area contributed by atoms with Crippen LogP contribution in [0.3, 0.4) is 0 Å². The molecule has 1 saturated carbocycles. The fourth-order valence-corrected chi connectivity index (χ4v) is 3.01. The van der Waals surface area contributed by atoms with Gasteiger partial charge in [0.25, 0.3) is 0 Å². The normalized spacial score (nSPS) is 28.0. The Hall–Kier alpha value is -0.0800. The third-order valence-corrected chi connectivity index (χ3v) is 4.60.